The molecule has 0 aromatic heterocycles. The maximum Gasteiger partial charge on any atom is 0.404 e. The summed E-state index contributed by atoms with van der Waals surface area (Å²) < 4.78 is 0. The molecule has 1 saturated heterocycles. The fraction of sp³-hybridized carbons (Fsp3) is 0.440. The van der Waals surface area contributed by atoms with Gasteiger partial charge in [0.05, 0.1) is 0 Å². The van der Waals surface area contributed by atoms with E-state index in [1.807, 2.05) is 29.2 Å². The zero-order valence-corrected chi connectivity index (χ0v) is 18.8. The summed E-state index contributed by atoms with van der Waals surface area (Å²) in [6, 6.07) is 17.0. The van der Waals surface area contributed by atoms with Gasteiger partial charge < -0.3 is 26.0 Å². The van der Waals surface area contributed by atoms with Gasteiger partial charge in [-0.2, -0.15) is 0 Å². The lowest BCUT2D eigenvalue weighted by atomic mass is 10.0. The molecular formula is C25H34N4O3. The van der Waals surface area contributed by atoms with Crippen LogP contribution in [0.15, 0.2) is 48.5 Å². The number of rotatable bonds is 9. The topological polar surface area (TPSA) is 93.7 Å². The van der Waals surface area contributed by atoms with Crippen LogP contribution < -0.4 is 16.0 Å². The molecule has 3 rings (SSSR count). The minimum Gasteiger partial charge on any atom is -0.465 e. The quantitative estimate of drug-likeness (QED) is 0.478. The molecular weight excluding hydrogens is 404 g/mol. The standard InChI is InChI=1S/C25H34N4O3/c1-2-19-3-5-20(6-4-19)11-15-26-24(30)29-17-13-23(14-18-29)28-22-9-7-21(8-10-22)12-16-27-25(31)32/h3-10,23,27-28H,2,11-18H2,1H3,(H,26,30)(H,31,32). The molecule has 1 fully saturated rings. The van der Waals surface area contributed by atoms with Crippen LogP contribution in [0.25, 0.3) is 0 Å². The lowest BCUT2D eigenvalue weighted by Gasteiger charge is -2.33. The number of piperidine rings is 1. The fourth-order valence-electron chi connectivity index (χ4n) is 3.91. The number of nitrogens with zero attached hydrogens (tertiary/aromatic N) is 1. The number of likely N-dealkylation sites (tertiary alicyclic amines) is 1. The van der Waals surface area contributed by atoms with Crippen LogP contribution in [0.4, 0.5) is 15.3 Å². The highest BCUT2D eigenvalue weighted by molar-refractivity contribution is 5.74. The second-order valence-electron chi connectivity index (χ2n) is 8.24. The largest absolute Gasteiger partial charge is 0.465 e. The van der Waals surface area contributed by atoms with E-state index < -0.39 is 6.09 Å². The molecule has 2 aromatic carbocycles. The van der Waals surface area contributed by atoms with Crippen molar-refractivity contribution in [2.75, 3.05) is 31.5 Å². The molecule has 172 valence electrons. The number of amides is 3. The van der Waals surface area contributed by atoms with Gasteiger partial charge >= 0.3 is 12.1 Å². The zero-order chi connectivity index (χ0) is 22.8. The molecule has 0 unspecified atom stereocenters. The molecule has 3 amide bonds. The highest BCUT2D eigenvalue weighted by atomic mass is 16.4. The van der Waals surface area contributed by atoms with Crippen molar-refractivity contribution in [3.63, 3.8) is 0 Å². The van der Waals surface area contributed by atoms with E-state index in [-0.39, 0.29) is 6.03 Å². The summed E-state index contributed by atoms with van der Waals surface area (Å²) in [5.74, 6) is 0. The van der Waals surface area contributed by atoms with Crippen molar-refractivity contribution < 1.29 is 14.7 Å². The Kier molecular flexibility index (Phi) is 8.78. The molecule has 0 atom stereocenters. The number of carboxylic acid groups (broad SMARTS) is 1. The van der Waals surface area contributed by atoms with Gasteiger partial charge in [-0.15, -0.1) is 0 Å². The van der Waals surface area contributed by atoms with Crippen molar-refractivity contribution in [1.29, 1.82) is 0 Å². The number of anilines is 1. The van der Waals surface area contributed by atoms with Gasteiger partial charge in [0.2, 0.25) is 0 Å². The smallest absolute Gasteiger partial charge is 0.404 e. The van der Waals surface area contributed by atoms with Crippen molar-refractivity contribution in [1.82, 2.24) is 15.5 Å². The SMILES string of the molecule is CCc1ccc(CCNC(=O)N2CCC(Nc3ccc(CCNC(=O)O)cc3)CC2)cc1. The van der Waals surface area contributed by atoms with Gasteiger partial charge in [-0.3, -0.25) is 0 Å². The molecule has 1 aliphatic rings. The van der Waals surface area contributed by atoms with Gasteiger partial charge in [0.15, 0.2) is 0 Å². The van der Waals surface area contributed by atoms with Crippen molar-refractivity contribution in [2.24, 2.45) is 0 Å². The third-order valence-electron chi connectivity index (χ3n) is 5.92. The van der Waals surface area contributed by atoms with Crippen LogP contribution in [0.3, 0.4) is 0 Å². The number of urea groups is 1. The number of benzene rings is 2. The number of aryl methyl sites for hydroxylation is 1. The van der Waals surface area contributed by atoms with Crippen molar-refractivity contribution in [3.05, 3.63) is 65.2 Å². The Morgan fingerprint density at radius 2 is 1.41 bits per heavy atom. The number of carbonyl (C=O) groups is 2. The molecule has 0 bridgehead atoms. The molecule has 0 aliphatic carbocycles. The first kappa shape index (κ1) is 23.4. The molecule has 0 saturated carbocycles. The van der Waals surface area contributed by atoms with E-state index in [9.17, 15) is 9.59 Å². The van der Waals surface area contributed by atoms with Crippen LogP contribution >= 0.6 is 0 Å². The van der Waals surface area contributed by atoms with Crippen LogP contribution in [0, 0.1) is 0 Å². The maximum absolute atomic E-state index is 12.5. The van der Waals surface area contributed by atoms with Crippen LogP contribution in [0.2, 0.25) is 0 Å². The Morgan fingerprint density at radius 1 is 0.875 bits per heavy atom. The average Bonchev–Trinajstić information content (AvgIpc) is 2.81. The summed E-state index contributed by atoms with van der Waals surface area (Å²) in [4.78, 5) is 24.9. The predicted octanol–water partition coefficient (Wildman–Crippen LogP) is 3.89. The van der Waals surface area contributed by atoms with E-state index in [0.29, 0.717) is 25.6 Å². The van der Waals surface area contributed by atoms with Gasteiger partial charge in [0.1, 0.15) is 0 Å². The van der Waals surface area contributed by atoms with E-state index in [4.69, 9.17) is 5.11 Å². The maximum atomic E-state index is 12.5. The highest BCUT2D eigenvalue weighted by Gasteiger charge is 2.22. The van der Waals surface area contributed by atoms with Gasteiger partial charge in [-0.25, -0.2) is 9.59 Å². The lowest BCUT2D eigenvalue weighted by molar-refractivity contribution is 0.184. The second kappa shape index (κ2) is 12.0. The number of carbonyl (C=O) groups excluding carboxylic acids is 1. The lowest BCUT2D eigenvalue weighted by Crippen LogP contribution is -2.47. The normalized spacial score (nSPS) is 14.1. The Morgan fingerprint density at radius 3 is 1.97 bits per heavy atom. The number of hydrogen-bond donors (Lipinski definition) is 4. The van der Waals surface area contributed by atoms with Crippen molar-refractivity contribution >= 4 is 17.8 Å². The summed E-state index contributed by atoms with van der Waals surface area (Å²) in [6.45, 7) is 4.70. The van der Waals surface area contributed by atoms with Gasteiger partial charge in [-0.05, 0) is 60.9 Å². The van der Waals surface area contributed by atoms with E-state index >= 15 is 0 Å². The van der Waals surface area contributed by atoms with Crippen LogP contribution in [0.1, 0.15) is 36.5 Å². The number of hydrogen-bond acceptors (Lipinski definition) is 3. The molecule has 0 spiro atoms. The Labute approximate surface area is 190 Å². The minimum atomic E-state index is -0.995. The first-order valence-electron chi connectivity index (χ1n) is 11.5. The molecule has 2 aromatic rings. The molecule has 7 nitrogen and oxygen atoms in total. The molecule has 7 heteroatoms. The van der Waals surface area contributed by atoms with Crippen LogP contribution in [-0.4, -0.2) is 54.4 Å². The third-order valence-corrected chi connectivity index (χ3v) is 5.92. The van der Waals surface area contributed by atoms with E-state index in [0.717, 1.165) is 50.0 Å². The van der Waals surface area contributed by atoms with Gasteiger partial charge in [0, 0.05) is 37.9 Å². The summed E-state index contributed by atoms with van der Waals surface area (Å²) in [5.41, 5.74) is 4.72. The van der Waals surface area contributed by atoms with Crippen molar-refractivity contribution in [3.8, 4) is 0 Å². The van der Waals surface area contributed by atoms with Crippen molar-refractivity contribution in [2.45, 2.75) is 45.1 Å². The summed E-state index contributed by atoms with van der Waals surface area (Å²) in [5, 5.41) is 17.6. The minimum absolute atomic E-state index is 0.0213. The van der Waals surface area contributed by atoms with Gasteiger partial charge in [-0.1, -0.05) is 43.3 Å². The first-order chi connectivity index (χ1) is 15.5. The number of nitrogens with one attached hydrogen (secondary N) is 3. The third kappa shape index (κ3) is 7.48. The Hall–Kier alpha value is -3.22. The average molecular weight is 439 g/mol. The molecule has 1 heterocycles. The monoisotopic (exact) mass is 438 g/mol. The van der Waals surface area contributed by atoms with Crippen LogP contribution in [0.5, 0.6) is 0 Å². The predicted molar refractivity (Wildman–Crippen MR) is 127 cm³/mol. The van der Waals surface area contributed by atoms with E-state index in [2.05, 4.69) is 47.1 Å². The zero-order valence-electron chi connectivity index (χ0n) is 18.8. The first-order valence-corrected chi connectivity index (χ1v) is 11.5. The molecule has 4 N–H and O–H groups in total. The van der Waals surface area contributed by atoms with Gasteiger partial charge in [0.25, 0.3) is 0 Å². The fourth-order valence-corrected chi connectivity index (χ4v) is 3.91. The molecule has 0 radical (unpaired) electrons. The van der Waals surface area contributed by atoms with E-state index in [1.165, 1.54) is 11.1 Å². The van der Waals surface area contributed by atoms with E-state index in [1.54, 1.807) is 0 Å². The second-order valence-corrected chi connectivity index (χ2v) is 8.24. The summed E-state index contributed by atoms with van der Waals surface area (Å²) >= 11 is 0. The molecule has 32 heavy (non-hydrogen) atoms. The molecule has 1 aliphatic heterocycles. The Balaban J connectivity index is 1.34. The van der Waals surface area contributed by atoms with Crippen LogP contribution in [-0.2, 0) is 19.3 Å². The highest BCUT2D eigenvalue weighted by Crippen LogP contribution is 2.17. The Bertz CT molecular complexity index is 860. The summed E-state index contributed by atoms with van der Waals surface area (Å²) in [6.07, 6.45) is 3.39. The summed E-state index contributed by atoms with van der Waals surface area (Å²) in [7, 11) is 0.